The van der Waals surface area contributed by atoms with Gasteiger partial charge >= 0.3 is 0 Å². The molecule has 80 valence electrons. The van der Waals surface area contributed by atoms with Crippen LogP contribution < -0.4 is 5.73 Å². The zero-order chi connectivity index (χ0) is 9.97. The maximum atomic E-state index is 5.97. The zero-order valence-corrected chi connectivity index (χ0v) is 9.59. The Morgan fingerprint density at radius 2 is 2.36 bits per heavy atom. The first-order valence-corrected chi connectivity index (χ1v) is 6.54. The van der Waals surface area contributed by atoms with Gasteiger partial charge in [-0.2, -0.15) is 11.8 Å². The minimum absolute atomic E-state index is 0.546. The van der Waals surface area contributed by atoms with Crippen LogP contribution in [0.15, 0.2) is 4.99 Å². The first-order valence-electron chi connectivity index (χ1n) is 5.49. The van der Waals surface area contributed by atoms with Gasteiger partial charge in [0.25, 0.3) is 0 Å². The van der Waals surface area contributed by atoms with Crippen molar-refractivity contribution in [3.8, 4) is 0 Å². The molecule has 2 fully saturated rings. The lowest BCUT2D eigenvalue weighted by molar-refractivity contribution is 0.418. The first kappa shape index (κ1) is 10.1. The second kappa shape index (κ2) is 4.43. The van der Waals surface area contributed by atoms with Crippen LogP contribution in [-0.2, 0) is 0 Å². The number of thioether (sulfide) groups is 1. The third-order valence-corrected chi connectivity index (χ3v) is 4.15. The average molecular weight is 213 g/mol. The average Bonchev–Trinajstić information content (AvgIpc) is 3.02. The standard InChI is InChI=1S/C10H19N3S/c1-2-9-7-13(5-6-14-9)10(11)12-8-3-4-8/h8-9H,2-7H2,1H3,(H2,11,12). The van der Waals surface area contributed by atoms with Gasteiger partial charge in [0.05, 0.1) is 6.04 Å². The van der Waals surface area contributed by atoms with Gasteiger partial charge in [-0.3, -0.25) is 0 Å². The molecule has 1 heterocycles. The van der Waals surface area contributed by atoms with E-state index in [-0.39, 0.29) is 0 Å². The molecule has 0 bridgehead atoms. The maximum Gasteiger partial charge on any atom is 0.191 e. The molecule has 2 N–H and O–H groups in total. The van der Waals surface area contributed by atoms with E-state index in [0.717, 1.165) is 24.3 Å². The van der Waals surface area contributed by atoms with Gasteiger partial charge in [0.1, 0.15) is 0 Å². The summed E-state index contributed by atoms with van der Waals surface area (Å²) in [4.78, 5) is 6.74. The van der Waals surface area contributed by atoms with Crippen molar-refractivity contribution in [1.82, 2.24) is 4.90 Å². The fourth-order valence-corrected chi connectivity index (χ4v) is 2.83. The molecule has 0 aromatic rings. The summed E-state index contributed by atoms with van der Waals surface area (Å²) in [6.07, 6.45) is 3.71. The summed E-state index contributed by atoms with van der Waals surface area (Å²) in [7, 11) is 0. The number of nitrogens with zero attached hydrogens (tertiary/aromatic N) is 2. The summed E-state index contributed by atoms with van der Waals surface area (Å²) >= 11 is 2.07. The van der Waals surface area contributed by atoms with Gasteiger partial charge in [0, 0.05) is 24.1 Å². The first-order chi connectivity index (χ1) is 6.79. The normalized spacial score (nSPS) is 29.4. The van der Waals surface area contributed by atoms with E-state index in [1.165, 1.54) is 25.0 Å². The number of rotatable bonds is 2. The van der Waals surface area contributed by atoms with Crippen molar-refractivity contribution >= 4 is 17.7 Å². The van der Waals surface area contributed by atoms with Crippen molar-refractivity contribution in [2.24, 2.45) is 10.7 Å². The van der Waals surface area contributed by atoms with Gasteiger partial charge in [-0.15, -0.1) is 0 Å². The van der Waals surface area contributed by atoms with Crippen molar-refractivity contribution in [3.63, 3.8) is 0 Å². The molecule has 1 saturated carbocycles. The van der Waals surface area contributed by atoms with E-state index in [9.17, 15) is 0 Å². The summed E-state index contributed by atoms with van der Waals surface area (Å²) in [5.41, 5.74) is 5.97. The molecule has 2 aliphatic rings. The topological polar surface area (TPSA) is 41.6 Å². The lowest BCUT2D eigenvalue weighted by Crippen LogP contribution is -2.45. The Balaban J connectivity index is 1.89. The van der Waals surface area contributed by atoms with Crippen LogP contribution in [0.2, 0.25) is 0 Å². The van der Waals surface area contributed by atoms with Crippen molar-refractivity contribution in [2.45, 2.75) is 37.5 Å². The van der Waals surface area contributed by atoms with Gasteiger partial charge in [-0.25, -0.2) is 4.99 Å². The number of guanidine groups is 1. The van der Waals surface area contributed by atoms with Gasteiger partial charge in [0.15, 0.2) is 5.96 Å². The summed E-state index contributed by atoms with van der Waals surface area (Å²) in [6.45, 7) is 4.40. The number of hydrogen-bond donors (Lipinski definition) is 1. The van der Waals surface area contributed by atoms with Gasteiger partial charge < -0.3 is 10.6 Å². The molecule has 1 aliphatic heterocycles. The molecular weight excluding hydrogens is 194 g/mol. The van der Waals surface area contributed by atoms with Crippen molar-refractivity contribution in [1.29, 1.82) is 0 Å². The molecule has 4 heteroatoms. The molecule has 0 aromatic heterocycles. The van der Waals surface area contributed by atoms with Crippen molar-refractivity contribution in [2.75, 3.05) is 18.8 Å². The highest BCUT2D eigenvalue weighted by Gasteiger charge is 2.24. The Labute approximate surface area is 90.1 Å². The highest BCUT2D eigenvalue weighted by atomic mass is 32.2. The van der Waals surface area contributed by atoms with Crippen LogP contribution in [-0.4, -0.2) is 41.0 Å². The third-order valence-electron chi connectivity index (χ3n) is 2.78. The van der Waals surface area contributed by atoms with E-state index in [2.05, 4.69) is 28.6 Å². The zero-order valence-electron chi connectivity index (χ0n) is 8.78. The van der Waals surface area contributed by atoms with Gasteiger partial charge in [-0.05, 0) is 19.3 Å². The predicted molar refractivity (Wildman–Crippen MR) is 62.8 cm³/mol. The van der Waals surface area contributed by atoms with Gasteiger partial charge in [0.2, 0.25) is 0 Å². The van der Waals surface area contributed by atoms with Crippen LogP contribution in [0.25, 0.3) is 0 Å². The third kappa shape index (κ3) is 2.56. The molecule has 1 saturated heterocycles. The van der Waals surface area contributed by atoms with Crippen LogP contribution in [0, 0.1) is 0 Å². The summed E-state index contributed by atoms with van der Waals surface area (Å²) in [6, 6.07) is 0.546. The monoisotopic (exact) mass is 213 g/mol. The molecule has 14 heavy (non-hydrogen) atoms. The summed E-state index contributed by atoms with van der Waals surface area (Å²) < 4.78 is 0. The Kier molecular flexibility index (Phi) is 3.21. The van der Waals surface area contributed by atoms with E-state index >= 15 is 0 Å². The fourth-order valence-electron chi connectivity index (χ4n) is 1.65. The molecule has 0 radical (unpaired) electrons. The second-order valence-corrected chi connectivity index (χ2v) is 5.47. The lowest BCUT2D eigenvalue weighted by atomic mass is 10.3. The Hall–Kier alpha value is -0.380. The van der Waals surface area contributed by atoms with E-state index in [4.69, 9.17) is 5.73 Å². The van der Waals surface area contributed by atoms with Crippen molar-refractivity contribution in [3.05, 3.63) is 0 Å². The SMILES string of the molecule is CCC1CN(C(N)=NC2CC2)CCS1. The largest absolute Gasteiger partial charge is 0.370 e. The molecule has 0 spiro atoms. The summed E-state index contributed by atoms with van der Waals surface area (Å²) in [5, 5.41) is 0.747. The van der Waals surface area contributed by atoms with Crippen LogP contribution in [0.3, 0.4) is 0 Å². The Morgan fingerprint density at radius 3 is 3.00 bits per heavy atom. The van der Waals surface area contributed by atoms with E-state index < -0.39 is 0 Å². The van der Waals surface area contributed by atoms with Crippen molar-refractivity contribution < 1.29 is 0 Å². The molecule has 3 nitrogen and oxygen atoms in total. The highest BCUT2D eigenvalue weighted by Crippen LogP contribution is 2.25. The summed E-state index contributed by atoms with van der Waals surface area (Å²) in [5.74, 6) is 1.98. The predicted octanol–water partition coefficient (Wildman–Crippen LogP) is 1.29. The van der Waals surface area contributed by atoms with E-state index in [1.54, 1.807) is 0 Å². The second-order valence-electron chi connectivity index (χ2n) is 4.07. The maximum absolute atomic E-state index is 5.97. The van der Waals surface area contributed by atoms with Crippen LogP contribution in [0.5, 0.6) is 0 Å². The molecule has 0 aromatic carbocycles. The molecule has 1 aliphatic carbocycles. The number of hydrogen-bond acceptors (Lipinski definition) is 2. The van der Waals surface area contributed by atoms with Crippen LogP contribution in [0.1, 0.15) is 26.2 Å². The Morgan fingerprint density at radius 1 is 1.57 bits per heavy atom. The fraction of sp³-hybridized carbons (Fsp3) is 0.900. The van der Waals surface area contributed by atoms with Crippen LogP contribution in [0.4, 0.5) is 0 Å². The van der Waals surface area contributed by atoms with E-state index in [1.807, 2.05) is 0 Å². The molecule has 0 amide bonds. The molecule has 1 atom stereocenters. The number of aliphatic imine (C=N–C) groups is 1. The smallest absolute Gasteiger partial charge is 0.191 e. The van der Waals surface area contributed by atoms with Crippen LogP contribution >= 0.6 is 11.8 Å². The molecular formula is C10H19N3S. The van der Waals surface area contributed by atoms with Gasteiger partial charge in [-0.1, -0.05) is 6.92 Å². The number of nitrogens with two attached hydrogens (primary N) is 1. The quantitative estimate of drug-likeness (QED) is 0.555. The molecule has 2 rings (SSSR count). The minimum Gasteiger partial charge on any atom is -0.370 e. The minimum atomic E-state index is 0.546. The molecule has 1 unspecified atom stereocenters. The van der Waals surface area contributed by atoms with E-state index in [0.29, 0.717) is 6.04 Å². The Bertz CT molecular complexity index is 225. The highest BCUT2D eigenvalue weighted by molar-refractivity contribution is 8.00. The lowest BCUT2D eigenvalue weighted by Gasteiger charge is -2.32.